The first-order valence-corrected chi connectivity index (χ1v) is 18.3. The van der Waals surface area contributed by atoms with Gasteiger partial charge in [0.2, 0.25) is 5.95 Å². The lowest BCUT2D eigenvalue weighted by Gasteiger charge is -2.12. The highest BCUT2D eigenvalue weighted by molar-refractivity contribution is 7.26. The van der Waals surface area contributed by atoms with Gasteiger partial charge in [0.1, 0.15) is 0 Å². The SMILES string of the molecule is c1ccc(-c2nc(-c3ccccc3)nc(-n3c4ccc(-c5ccc6ccccc6c5)cc4c4ccc5c(ccc6c7ccccc7sc65)c43)n2)cc1. The van der Waals surface area contributed by atoms with Crippen LogP contribution in [0.15, 0.2) is 170 Å². The number of rotatable bonds is 4. The summed E-state index contributed by atoms with van der Waals surface area (Å²) >= 11 is 1.86. The molecule has 11 rings (SSSR count). The lowest BCUT2D eigenvalue weighted by molar-refractivity contribution is 0.955. The zero-order valence-electron chi connectivity index (χ0n) is 27.9. The van der Waals surface area contributed by atoms with Crippen LogP contribution in [0.2, 0.25) is 0 Å². The van der Waals surface area contributed by atoms with Crippen molar-refractivity contribution in [1.29, 1.82) is 0 Å². The lowest BCUT2D eigenvalue weighted by Crippen LogP contribution is -2.06. The van der Waals surface area contributed by atoms with Crippen LogP contribution < -0.4 is 0 Å². The maximum atomic E-state index is 5.23. The second kappa shape index (κ2) is 11.4. The summed E-state index contributed by atoms with van der Waals surface area (Å²) in [5, 5.41) is 9.76. The summed E-state index contributed by atoms with van der Waals surface area (Å²) in [4.78, 5) is 15.5. The van der Waals surface area contributed by atoms with Gasteiger partial charge in [-0.15, -0.1) is 11.3 Å². The van der Waals surface area contributed by atoms with Crippen LogP contribution in [0, 0.1) is 0 Å². The van der Waals surface area contributed by atoms with Crippen molar-refractivity contribution in [3.8, 4) is 39.9 Å². The molecule has 11 aromatic rings. The van der Waals surface area contributed by atoms with Gasteiger partial charge in [-0.05, 0) is 46.2 Å². The third kappa shape index (κ3) is 4.50. The predicted molar refractivity (Wildman–Crippen MR) is 218 cm³/mol. The van der Waals surface area contributed by atoms with Gasteiger partial charge >= 0.3 is 0 Å². The average molecular weight is 681 g/mol. The largest absolute Gasteiger partial charge is 0.277 e. The second-order valence-electron chi connectivity index (χ2n) is 13.2. The van der Waals surface area contributed by atoms with Crippen molar-refractivity contribution in [2.45, 2.75) is 0 Å². The van der Waals surface area contributed by atoms with E-state index in [1.807, 2.05) is 47.7 Å². The minimum Gasteiger partial charge on any atom is -0.277 e. The number of hydrogen-bond donors (Lipinski definition) is 0. The molecule has 0 aliphatic rings. The second-order valence-corrected chi connectivity index (χ2v) is 14.3. The topological polar surface area (TPSA) is 43.6 Å². The maximum absolute atomic E-state index is 5.23. The fourth-order valence-electron chi connectivity index (χ4n) is 7.75. The maximum Gasteiger partial charge on any atom is 0.238 e. The summed E-state index contributed by atoms with van der Waals surface area (Å²) in [5.74, 6) is 1.87. The Morgan fingerprint density at radius 2 is 0.962 bits per heavy atom. The average Bonchev–Trinajstić information content (AvgIpc) is 3.77. The van der Waals surface area contributed by atoms with Crippen LogP contribution in [0.25, 0.3) is 103 Å². The first kappa shape index (κ1) is 29.1. The molecule has 52 heavy (non-hydrogen) atoms. The first-order chi connectivity index (χ1) is 25.8. The number of benzene rings is 8. The molecule has 242 valence electrons. The van der Waals surface area contributed by atoms with E-state index >= 15 is 0 Å². The molecule has 0 amide bonds. The first-order valence-electron chi connectivity index (χ1n) is 17.4. The zero-order chi connectivity index (χ0) is 34.2. The van der Waals surface area contributed by atoms with Gasteiger partial charge in [-0.25, -0.2) is 4.98 Å². The van der Waals surface area contributed by atoms with Crippen LogP contribution >= 0.6 is 11.3 Å². The van der Waals surface area contributed by atoms with Crippen molar-refractivity contribution in [1.82, 2.24) is 19.5 Å². The van der Waals surface area contributed by atoms with Crippen molar-refractivity contribution in [2.24, 2.45) is 0 Å². The van der Waals surface area contributed by atoms with Gasteiger partial charge in [0.15, 0.2) is 11.6 Å². The van der Waals surface area contributed by atoms with Gasteiger partial charge in [-0.2, -0.15) is 9.97 Å². The summed E-state index contributed by atoms with van der Waals surface area (Å²) < 4.78 is 4.85. The molecule has 0 saturated heterocycles. The van der Waals surface area contributed by atoms with E-state index in [1.54, 1.807) is 0 Å². The molecule has 0 N–H and O–H groups in total. The van der Waals surface area contributed by atoms with Gasteiger partial charge in [-0.1, -0.05) is 146 Å². The van der Waals surface area contributed by atoms with Crippen LogP contribution in [0.4, 0.5) is 0 Å². The van der Waals surface area contributed by atoms with Crippen molar-refractivity contribution in [3.63, 3.8) is 0 Å². The summed E-state index contributed by atoms with van der Waals surface area (Å²) in [6, 6.07) is 60.3. The van der Waals surface area contributed by atoms with Crippen LogP contribution in [0.3, 0.4) is 0 Å². The fraction of sp³-hybridized carbons (Fsp3) is 0. The van der Waals surface area contributed by atoms with Crippen LogP contribution in [-0.4, -0.2) is 19.5 Å². The van der Waals surface area contributed by atoms with Gasteiger partial charge in [0.25, 0.3) is 0 Å². The minimum absolute atomic E-state index is 0.593. The van der Waals surface area contributed by atoms with E-state index in [0.29, 0.717) is 17.6 Å². The molecule has 5 heteroatoms. The molecule has 0 fully saturated rings. The van der Waals surface area contributed by atoms with Gasteiger partial charge in [0.05, 0.1) is 11.0 Å². The number of thiophene rings is 1. The van der Waals surface area contributed by atoms with Crippen molar-refractivity contribution >= 4 is 74.9 Å². The van der Waals surface area contributed by atoms with E-state index in [1.165, 1.54) is 52.8 Å². The molecule has 0 radical (unpaired) electrons. The zero-order valence-corrected chi connectivity index (χ0v) is 28.7. The van der Waals surface area contributed by atoms with E-state index in [2.05, 4.69) is 138 Å². The molecule has 0 bridgehead atoms. The van der Waals surface area contributed by atoms with Gasteiger partial charge < -0.3 is 0 Å². The van der Waals surface area contributed by atoms with E-state index in [-0.39, 0.29) is 0 Å². The van der Waals surface area contributed by atoms with E-state index in [0.717, 1.165) is 32.9 Å². The molecule has 3 heterocycles. The van der Waals surface area contributed by atoms with Crippen LogP contribution in [0.5, 0.6) is 0 Å². The summed E-state index contributed by atoms with van der Waals surface area (Å²) in [6.07, 6.45) is 0. The molecular weight excluding hydrogens is 653 g/mol. The van der Waals surface area contributed by atoms with Crippen molar-refractivity contribution in [2.75, 3.05) is 0 Å². The quantitative estimate of drug-likeness (QED) is 0.186. The standard InChI is InChI=1S/C47H28N4S/c1-3-12-30(13-4-1)45-48-46(31-14-5-2-6-15-31)50-47(49-45)51-41-26-21-34(33-20-19-29-11-7-8-16-32(29)27-33)28-40(41)37-23-25-39-36(43(37)51)22-24-38-35-17-9-10-18-42(35)52-44(38)39/h1-28H. The Labute approximate surface area is 302 Å². The van der Waals surface area contributed by atoms with Crippen LogP contribution in [-0.2, 0) is 0 Å². The number of nitrogens with zero attached hydrogens (tertiary/aromatic N) is 4. The summed E-state index contributed by atoms with van der Waals surface area (Å²) in [7, 11) is 0. The molecule has 0 saturated carbocycles. The molecule has 0 spiro atoms. The highest BCUT2D eigenvalue weighted by Crippen LogP contribution is 2.43. The lowest BCUT2D eigenvalue weighted by atomic mass is 9.99. The van der Waals surface area contributed by atoms with Crippen molar-refractivity contribution in [3.05, 3.63) is 170 Å². The summed E-state index contributed by atoms with van der Waals surface area (Å²) in [6.45, 7) is 0. The Kier molecular flexibility index (Phi) is 6.39. The third-order valence-corrected chi connectivity index (χ3v) is 11.5. The molecule has 3 aromatic heterocycles. The molecular formula is C47H28N4S. The smallest absolute Gasteiger partial charge is 0.238 e. The third-order valence-electron chi connectivity index (χ3n) is 10.2. The van der Waals surface area contributed by atoms with E-state index in [4.69, 9.17) is 15.0 Å². The van der Waals surface area contributed by atoms with E-state index in [9.17, 15) is 0 Å². The highest BCUT2D eigenvalue weighted by Gasteiger charge is 2.21. The Balaban J connectivity index is 1.25. The van der Waals surface area contributed by atoms with Crippen LogP contribution in [0.1, 0.15) is 0 Å². The molecule has 0 aliphatic heterocycles. The molecule has 0 unspecified atom stereocenters. The monoisotopic (exact) mass is 680 g/mol. The Morgan fingerprint density at radius 3 is 1.71 bits per heavy atom. The Morgan fingerprint density at radius 1 is 0.385 bits per heavy atom. The highest BCUT2D eigenvalue weighted by atomic mass is 32.1. The summed E-state index contributed by atoms with van der Waals surface area (Å²) in [5.41, 5.74) is 6.38. The molecule has 8 aromatic carbocycles. The molecule has 0 aliphatic carbocycles. The van der Waals surface area contributed by atoms with Gasteiger partial charge in [0, 0.05) is 52.8 Å². The molecule has 4 nitrogen and oxygen atoms in total. The Bertz CT molecular complexity index is 3120. The predicted octanol–water partition coefficient (Wildman–Crippen LogP) is 12.6. The normalized spacial score (nSPS) is 11.8. The van der Waals surface area contributed by atoms with E-state index < -0.39 is 0 Å². The minimum atomic E-state index is 0.593. The van der Waals surface area contributed by atoms with Crippen molar-refractivity contribution < 1.29 is 0 Å². The number of fused-ring (bicyclic) bond motifs is 10. The Hall–Kier alpha value is -6.69. The van der Waals surface area contributed by atoms with Gasteiger partial charge in [-0.3, -0.25) is 4.57 Å². The number of hydrogen-bond acceptors (Lipinski definition) is 4. The molecule has 0 atom stereocenters. The fourth-order valence-corrected chi connectivity index (χ4v) is 8.98. The number of aromatic nitrogens is 4.